The van der Waals surface area contributed by atoms with Crippen LogP contribution in [0.25, 0.3) is 28.2 Å². The van der Waals surface area contributed by atoms with Crippen LogP contribution >= 0.6 is 11.6 Å². The Balaban J connectivity index is 1.75. The maximum Gasteiger partial charge on any atom is 0.269 e. The van der Waals surface area contributed by atoms with Crippen LogP contribution in [0.15, 0.2) is 120 Å². The molecule has 0 saturated carbocycles. The van der Waals surface area contributed by atoms with Crippen molar-refractivity contribution in [3.63, 3.8) is 0 Å². The lowest BCUT2D eigenvalue weighted by atomic mass is 10.1. The van der Waals surface area contributed by atoms with Crippen LogP contribution in [0.5, 0.6) is 0 Å². The van der Waals surface area contributed by atoms with Gasteiger partial charge in [-0.2, -0.15) is 0 Å². The lowest BCUT2D eigenvalue weighted by Crippen LogP contribution is -2.01. The highest BCUT2D eigenvalue weighted by atomic mass is 35.5. The minimum absolute atomic E-state index is 0.0490. The summed E-state index contributed by atoms with van der Waals surface area (Å²) in [6.45, 7) is 0. The van der Waals surface area contributed by atoms with E-state index in [2.05, 4.69) is 10.6 Å². The molecule has 0 bridgehead atoms. The van der Waals surface area contributed by atoms with Gasteiger partial charge < -0.3 is 4.57 Å². The molecule has 0 amide bonds. The first-order chi connectivity index (χ1) is 17.1. The Labute approximate surface area is 207 Å². The van der Waals surface area contributed by atoms with Gasteiger partial charge in [0, 0.05) is 34.6 Å². The van der Waals surface area contributed by atoms with E-state index >= 15 is 0 Å². The average molecular weight is 478 g/mol. The molecule has 0 aliphatic heterocycles. The van der Waals surface area contributed by atoms with Crippen molar-refractivity contribution in [2.45, 2.75) is 0 Å². The maximum absolute atomic E-state index is 11.2. The van der Waals surface area contributed by atoms with Gasteiger partial charge in [-0.15, -0.1) is 0 Å². The predicted molar refractivity (Wildman–Crippen MR) is 142 cm³/mol. The van der Waals surface area contributed by atoms with Gasteiger partial charge in [-0.25, -0.2) is 0 Å². The second kappa shape index (κ2) is 9.79. The van der Waals surface area contributed by atoms with Crippen LogP contribution in [0.3, 0.4) is 0 Å². The summed E-state index contributed by atoms with van der Waals surface area (Å²) in [6, 6.07) is 36.2. The molecule has 0 radical (unpaired) electrons. The molecule has 0 unspecified atom stereocenters. The summed E-state index contributed by atoms with van der Waals surface area (Å²) in [5.41, 5.74) is 6.50. The molecule has 6 heteroatoms. The Morgan fingerprint density at radius 3 is 1.97 bits per heavy atom. The molecule has 0 fully saturated rings. The molecular weight excluding hydrogens is 458 g/mol. The van der Waals surface area contributed by atoms with Crippen molar-refractivity contribution in [3.05, 3.63) is 136 Å². The zero-order valence-electron chi connectivity index (χ0n) is 18.6. The fourth-order valence-corrected chi connectivity index (χ4v) is 4.13. The van der Waals surface area contributed by atoms with Crippen molar-refractivity contribution >= 4 is 29.2 Å². The third-order valence-electron chi connectivity index (χ3n) is 5.65. The molecule has 0 saturated heterocycles. The van der Waals surface area contributed by atoms with Crippen molar-refractivity contribution in [3.8, 4) is 28.2 Å². The largest absolute Gasteiger partial charge is 0.309 e. The van der Waals surface area contributed by atoms with Gasteiger partial charge in [-0.1, -0.05) is 72.3 Å². The highest BCUT2D eigenvalue weighted by molar-refractivity contribution is 6.30. The standard InChI is InChI=1S/C29H20ClN3O2/c30-24-11-13-25(14-12-24)31-20-23-19-28(21-7-3-1-4-8-21)32(29(23)22-9-5-2-6-10-22)26-15-17-27(18-16-26)33(34)35/h1-20H. The number of aliphatic imine (C=N–C) groups is 1. The summed E-state index contributed by atoms with van der Waals surface area (Å²) in [7, 11) is 0. The van der Waals surface area contributed by atoms with Gasteiger partial charge in [0.25, 0.3) is 5.69 Å². The minimum Gasteiger partial charge on any atom is -0.309 e. The zero-order chi connectivity index (χ0) is 24.2. The van der Waals surface area contributed by atoms with E-state index in [0.29, 0.717) is 5.02 Å². The Hall–Kier alpha value is -4.48. The fourth-order valence-electron chi connectivity index (χ4n) is 4.00. The number of nitrogens with zero attached hydrogens (tertiary/aromatic N) is 3. The first-order valence-corrected chi connectivity index (χ1v) is 11.4. The van der Waals surface area contributed by atoms with E-state index in [0.717, 1.165) is 39.5 Å². The van der Waals surface area contributed by atoms with E-state index in [1.807, 2.05) is 91.1 Å². The third kappa shape index (κ3) is 4.76. The van der Waals surface area contributed by atoms with Crippen molar-refractivity contribution in [2.75, 3.05) is 0 Å². The lowest BCUT2D eigenvalue weighted by Gasteiger charge is -2.15. The molecule has 0 atom stereocenters. The van der Waals surface area contributed by atoms with E-state index in [1.165, 1.54) is 12.1 Å². The van der Waals surface area contributed by atoms with Gasteiger partial charge in [-0.05, 0) is 53.6 Å². The number of rotatable bonds is 6. The summed E-state index contributed by atoms with van der Waals surface area (Å²) in [5.74, 6) is 0. The number of nitro groups is 1. The SMILES string of the molecule is O=[N+]([O-])c1ccc(-n2c(-c3ccccc3)cc(C=Nc3ccc(Cl)cc3)c2-c2ccccc2)cc1. The van der Waals surface area contributed by atoms with Gasteiger partial charge in [0.05, 0.1) is 22.0 Å². The summed E-state index contributed by atoms with van der Waals surface area (Å²) in [4.78, 5) is 15.6. The molecule has 5 rings (SSSR count). The number of hydrogen-bond donors (Lipinski definition) is 0. The molecule has 170 valence electrons. The highest BCUT2D eigenvalue weighted by Gasteiger charge is 2.19. The second-order valence-corrected chi connectivity index (χ2v) is 8.35. The number of halogens is 1. The highest BCUT2D eigenvalue weighted by Crippen LogP contribution is 2.36. The molecule has 0 N–H and O–H groups in total. The van der Waals surface area contributed by atoms with E-state index in [-0.39, 0.29) is 10.6 Å². The second-order valence-electron chi connectivity index (χ2n) is 7.91. The van der Waals surface area contributed by atoms with Gasteiger partial charge >= 0.3 is 0 Å². The van der Waals surface area contributed by atoms with Gasteiger partial charge in [0.2, 0.25) is 0 Å². The maximum atomic E-state index is 11.2. The Bertz CT molecular complexity index is 1490. The van der Waals surface area contributed by atoms with Gasteiger partial charge in [-0.3, -0.25) is 15.1 Å². The molecule has 1 aromatic heterocycles. The molecule has 5 aromatic rings. The first-order valence-electron chi connectivity index (χ1n) is 11.0. The minimum atomic E-state index is -0.389. The Kier molecular flexibility index (Phi) is 6.24. The number of hydrogen-bond acceptors (Lipinski definition) is 3. The molecule has 35 heavy (non-hydrogen) atoms. The topological polar surface area (TPSA) is 60.4 Å². The normalized spacial score (nSPS) is 11.1. The predicted octanol–water partition coefficient (Wildman–Crippen LogP) is 8.12. The Morgan fingerprint density at radius 1 is 0.771 bits per heavy atom. The molecule has 5 nitrogen and oxygen atoms in total. The van der Waals surface area contributed by atoms with E-state index in [1.54, 1.807) is 12.1 Å². The summed E-state index contributed by atoms with van der Waals surface area (Å²) < 4.78 is 2.12. The van der Waals surface area contributed by atoms with E-state index < -0.39 is 0 Å². The van der Waals surface area contributed by atoms with Crippen LogP contribution < -0.4 is 0 Å². The molecular formula is C29H20ClN3O2. The molecule has 0 spiro atoms. The number of nitro benzene ring substituents is 1. The fraction of sp³-hybridized carbons (Fsp3) is 0. The van der Waals surface area contributed by atoms with Gasteiger partial charge in [0.15, 0.2) is 0 Å². The van der Waals surface area contributed by atoms with E-state index in [9.17, 15) is 10.1 Å². The van der Waals surface area contributed by atoms with Gasteiger partial charge in [0.1, 0.15) is 0 Å². The Morgan fingerprint density at radius 2 is 1.37 bits per heavy atom. The third-order valence-corrected chi connectivity index (χ3v) is 5.90. The van der Waals surface area contributed by atoms with Crippen LogP contribution in [0, 0.1) is 10.1 Å². The van der Waals surface area contributed by atoms with Crippen molar-refractivity contribution in [2.24, 2.45) is 4.99 Å². The number of aromatic nitrogens is 1. The molecule has 0 aliphatic rings. The van der Waals surface area contributed by atoms with Crippen LogP contribution in [-0.4, -0.2) is 15.7 Å². The average Bonchev–Trinajstić information content (AvgIpc) is 3.29. The van der Waals surface area contributed by atoms with Crippen molar-refractivity contribution in [1.29, 1.82) is 0 Å². The first kappa shape index (κ1) is 22.3. The summed E-state index contributed by atoms with van der Waals surface area (Å²) in [5, 5.41) is 11.9. The van der Waals surface area contributed by atoms with Crippen LogP contribution in [0.4, 0.5) is 11.4 Å². The molecule has 0 aliphatic carbocycles. The number of benzene rings is 4. The summed E-state index contributed by atoms with van der Waals surface area (Å²) >= 11 is 6.03. The molecule has 4 aromatic carbocycles. The summed E-state index contributed by atoms with van der Waals surface area (Å²) in [6.07, 6.45) is 1.85. The molecule has 1 heterocycles. The van der Waals surface area contributed by atoms with Crippen LogP contribution in [0.2, 0.25) is 5.02 Å². The van der Waals surface area contributed by atoms with E-state index in [4.69, 9.17) is 16.6 Å². The van der Waals surface area contributed by atoms with Crippen LogP contribution in [-0.2, 0) is 0 Å². The smallest absolute Gasteiger partial charge is 0.269 e. The monoisotopic (exact) mass is 477 g/mol. The quantitative estimate of drug-likeness (QED) is 0.141. The number of non-ortho nitro benzene ring substituents is 1. The lowest BCUT2D eigenvalue weighted by molar-refractivity contribution is -0.384. The van der Waals surface area contributed by atoms with Crippen LogP contribution in [0.1, 0.15) is 5.56 Å². The zero-order valence-corrected chi connectivity index (χ0v) is 19.3. The van der Waals surface area contributed by atoms with Crippen molar-refractivity contribution < 1.29 is 4.92 Å². The van der Waals surface area contributed by atoms with Crippen molar-refractivity contribution in [1.82, 2.24) is 4.57 Å².